The van der Waals surface area contributed by atoms with Crippen molar-refractivity contribution in [3.63, 3.8) is 0 Å². The van der Waals surface area contributed by atoms with Crippen LogP contribution in [0.25, 0.3) is 0 Å². The number of pyridine rings is 1. The summed E-state index contributed by atoms with van der Waals surface area (Å²) in [5.41, 5.74) is 5.07. The summed E-state index contributed by atoms with van der Waals surface area (Å²) in [7, 11) is 0. The van der Waals surface area contributed by atoms with Crippen molar-refractivity contribution >= 4 is 30.7 Å². The number of primary amides is 1. The van der Waals surface area contributed by atoms with Gasteiger partial charge in [0.25, 0.3) is 0 Å². The molecule has 0 spiro atoms. The molecular formula is C6H7Cl2FN2O. The van der Waals surface area contributed by atoms with Crippen LogP contribution in [0.15, 0.2) is 18.3 Å². The van der Waals surface area contributed by atoms with E-state index in [1.165, 1.54) is 6.07 Å². The van der Waals surface area contributed by atoms with Crippen LogP contribution in [0.1, 0.15) is 10.4 Å². The van der Waals surface area contributed by atoms with Gasteiger partial charge in [0.1, 0.15) is 0 Å². The molecule has 12 heavy (non-hydrogen) atoms. The minimum atomic E-state index is -0.620. The zero-order chi connectivity index (χ0) is 7.56. The number of nitrogens with two attached hydrogens (primary N) is 1. The first-order valence-electron chi connectivity index (χ1n) is 2.61. The van der Waals surface area contributed by atoms with E-state index in [1.807, 2.05) is 0 Å². The number of hydrogen-bond acceptors (Lipinski definition) is 2. The summed E-state index contributed by atoms with van der Waals surface area (Å²) in [6.45, 7) is 0. The molecule has 6 heteroatoms. The zero-order valence-electron chi connectivity index (χ0n) is 5.86. The van der Waals surface area contributed by atoms with Gasteiger partial charge in [0, 0.05) is 6.20 Å². The average molecular weight is 213 g/mol. The fourth-order valence-electron chi connectivity index (χ4n) is 0.522. The number of aromatic nitrogens is 1. The maximum Gasteiger partial charge on any atom is 0.250 e. The highest BCUT2D eigenvalue weighted by Gasteiger charge is 1.98. The quantitative estimate of drug-likeness (QED) is 0.711. The summed E-state index contributed by atoms with van der Waals surface area (Å²) in [5, 5.41) is 0. The van der Waals surface area contributed by atoms with Crippen molar-refractivity contribution in [2.45, 2.75) is 0 Å². The van der Waals surface area contributed by atoms with Crippen molar-refractivity contribution in [2.24, 2.45) is 5.73 Å². The highest BCUT2D eigenvalue weighted by atomic mass is 35.5. The van der Waals surface area contributed by atoms with E-state index >= 15 is 0 Å². The molecule has 0 saturated heterocycles. The number of nitrogens with zero attached hydrogens (tertiary/aromatic N) is 1. The van der Waals surface area contributed by atoms with Gasteiger partial charge in [-0.1, -0.05) is 0 Å². The van der Waals surface area contributed by atoms with Crippen molar-refractivity contribution in [1.29, 1.82) is 0 Å². The smallest absolute Gasteiger partial charge is 0.250 e. The van der Waals surface area contributed by atoms with Crippen molar-refractivity contribution in [1.82, 2.24) is 4.98 Å². The van der Waals surface area contributed by atoms with Gasteiger partial charge in [0.05, 0.1) is 5.56 Å². The Kier molecular flexibility index (Phi) is 6.55. The van der Waals surface area contributed by atoms with Crippen LogP contribution in [0, 0.1) is 5.95 Å². The average Bonchev–Trinajstić information content (AvgIpc) is 1.88. The Morgan fingerprint density at radius 1 is 1.42 bits per heavy atom. The second-order valence-electron chi connectivity index (χ2n) is 1.73. The molecule has 0 aliphatic heterocycles. The maximum absolute atomic E-state index is 12.1. The van der Waals surface area contributed by atoms with Crippen LogP contribution in [0.2, 0.25) is 0 Å². The van der Waals surface area contributed by atoms with Gasteiger partial charge in [0.2, 0.25) is 11.9 Å². The van der Waals surface area contributed by atoms with Gasteiger partial charge >= 0.3 is 0 Å². The highest BCUT2D eigenvalue weighted by molar-refractivity contribution is 5.92. The normalized spacial score (nSPS) is 7.75. The van der Waals surface area contributed by atoms with Crippen LogP contribution in [0.3, 0.4) is 0 Å². The van der Waals surface area contributed by atoms with Gasteiger partial charge in [-0.15, -0.1) is 24.8 Å². The van der Waals surface area contributed by atoms with Gasteiger partial charge in [-0.05, 0) is 12.1 Å². The Morgan fingerprint density at radius 3 is 2.33 bits per heavy atom. The number of amides is 1. The van der Waals surface area contributed by atoms with Crippen molar-refractivity contribution in [3.8, 4) is 0 Å². The van der Waals surface area contributed by atoms with Gasteiger partial charge in [-0.2, -0.15) is 4.39 Å². The van der Waals surface area contributed by atoms with E-state index in [1.54, 1.807) is 0 Å². The molecule has 0 atom stereocenters. The molecule has 0 aromatic carbocycles. The third-order valence-corrected chi connectivity index (χ3v) is 1.01. The van der Waals surface area contributed by atoms with Crippen LogP contribution in [-0.4, -0.2) is 10.9 Å². The first kappa shape index (κ1) is 13.7. The molecule has 1 amide bonds. The Balaban J connectivity index is 0. The Bertz CT molecular complexity index is 252. The van der Waals surface area contributed by atoms with Gasteiger partial charge in [-0.3, -0.25) is 4.79 Å². The Morgan fingerprint density at radius 2 is 2.00 bits per heavy atom. The van der Waals surface area contributed by atoms with Crippen LogP contribution in [-0.2, 0) is 0 Å². The number of rotatable bonds is 1. The predicted molar refractivity (Wildman–Crippen MR) is 47.2 cm³/mol. The second kappa shape index (κ2) is 5.74. The molecule has 0 aliphatic carbocycles. The summed E-state index contributed by atoms with van der Waals surface area (Å²) >= 11 is 0. The van der Waals surface area contributed by atoms with E-state index in [4.69, 9.17) is 5.73 Å². The number of halogens is 3. The molecule has 0 radical (unpaired) electrons. The van der Waals surface area contributed by atoms with Crippen molar-refractivity contribution < 1.29 is 9.18 Å². The number of carbonyl (C=O) groups is 1. The molecule has 1 heterocycles. The van der Waals surface area contributed by atoms with Gasteiger partial charge < -0.3 is 5.73 Å². The number of hydrogen-bond donors (Lipinski definition) is 1. The van der Waals surface area contributed by atoms with Crippen LogP contribution in [0.5, 0.6) is 0 Å². The van der Waals surface area contributed by atoms with E-state index in [9.17, 15) is 9.18 Å². The summed E-state index contributed by atoms with van der Waals surface area (Å²) in [6.07, 6.45) is 1.09. The summed E-state index contributed by atoms with van der Waals surface area (Å²) in [5.74, 6) is -1.22. The molecule has 68 valence electrons. The Labute approximate surface area is 81.0 Å². The van der Waals surface area contributed by atoms with Crippen molar-refractivity contribution in [2.75, 3.05) is 0 Å². The van der Waals surface area contributed by atoms with E-state index < -0.39 is 11.9 Å². The molecule has 1 rings (SSSR count). The zero-order valence-corrected chi connectivity index (χ0v) is 7.49. The minimum absolute atomic E-state index is 0. The molecule has 0 unspecified atom stereocenters. The van der Waals surface area contributed by atoms with Crippen LogP contribution >= 0.6 is 24.8 Å². The fourth-order valence-corrected chi connectivity index (χ4v) is 0.522. The summed E-state index contributed by atoms with van der Waals surface area (Å²) in [6, 6.07) is 2.37. The lowest BCUT2D eigenvalue weighted by Crippen LogP contribution is -2.11. The molecule has 0 aliphatic rings. The molecule has 2 N–H and O–H groups in total. The first-order chi connectivity index (χ1) is 4.70. The fraction of sp³-hybridized carbons (Fsp3) is 0. The summed E-state index contributed by atoms with van der Waals surface area (Å²) < 4.78 is 12.1. The molecule has 0 fully saturated rings. The lowest BCUT2D eigenvalue weighted by Gasteiger charge is -1.91. The Hall–Kier alpha value is -0.870. The maximum atomic E-state index is 12.1. The molecular weight excluding hydrogens is 206 g/mol. The summed E-state index contributed by atoms with van der Waals surface area (Å²) in [4.78, 5) is 13.6. The lowest BCUT2D eigenvalue weighted by molar-refractivity contribution is 0.1000. The van der Waals surface area contributed by atoms with Crippen molar-refractivity contribution in [3.05, 3.63) is 29.8 Å². The van der Waals surface area contributed by atoms with Crippen LogP contribution < -0.4 is 5.73 Å². The molecule has 1 aromatic rings. The molecule has 3 nitrogen and oxygen atoms in total. The second-order valence-corrected chi connectivity index (χ2v) is 1.73. The molecule has 0 bridgehead atoms. The number of carbonyl (C=O) groups excluding carboxylic acids is 1. The topological polar surface area (TPSA) is 56.0 Å². The third-order valence-electron chi connectivity index (χ3n) is 1.01. The molecule has 1 aromatic heterocycles. The van der Waals surface area contributed by atoms with Gasteiger partial charge in [-0.25, -0.2) is 4.98 Å². The van der Waals surface area contributed by atoms with Gasteiger partial charge in [0.15, 0.2) is 0 Å². The van der Waals surface area contributed by atoms with E-state index in [0.717, 1.165) is 12.3 Å². The van der Waals surface area contributed by atoms with E-state index in [-0.39, 0.29) is 30.4 Å². The monoisotopic (exact) mass is 212 g/mol. The first-order valence-corrected chi connectivity index (χ1v) is 2.61. The molecule has 0 saturated carbocycles. The van der Waals surface area contributed by atoms with Crippen LogP contribution in [0.4, 0.5) is 4.39 Å². The lowest BCUT2D eigenvalue weighted by atomic mass is 10.3. The highest BCUT2D eigenvalue weighted by Crippen LogP contribution is 1.96. The van der Waals surface area contributed by atoms with E-state index in [2.05, 4.69) is 4.98 Å². The minimum Gasteiger partial charge on any atom is -0.366 e. The SMILES string of the molecule is Cl.Cl.NC(=O)c1ccc(F)nc1. The standard InChI is InChI=1S/C6H5FN2O.2ClH/c7-5-2-1-4(3-9-5)6(8)10;;/h1-3H,(H2,8,10);2*1H. The predicted octanol–water partition coefficient (Wildman–Crippen LogP) is 1.16. The largest absolute Gasteiger partial charge is 0.366 e. The third kappa shape index (κ3) is 3.50. The van der Waals surface area contributed by atoms with E-state index in [0.29, 0.717) is 0 Å².